The summed E-state index contributed by atoms with van der Waals surface area (Å²) in [7, 11) is 3.21. The number of hydrogen-bond donors (Lipinski definition) is 2. The van der Waals surface area contributed by atoms with Crippen molar-refractivity contribution < 1.29 is 14.6 Å². The normalized spacial score (nSPS) is 10.5. The van der Waals surface area contributed by atoms with Crippen LogP contribution in [-0.4, -0.2) is 59.1 Å². The molecular formula is C10H18N4O3. The third-order valence-electron chi connectivity index (χ3n) is 2.39. The molecule has 0 aromatic carbocycles. The number of amides is 1. The summed E-state index contributed by atoms with van der Waals surface area (Å²) < 4.78 is 6.34. The van der Waals surface area contributed by atoms with E-state index in [1.54, 1.807) is 14.2 Å². The molecule has 1 amide bonds. The van der Waals surface area contributed by atoms with Crippen LogP contribution in [0.5, 0.6) is 0 Å². The molecule has 17 heavy (non-hydrogen) atoms. The van der Waals surface area contributed by atoms with Crippen LogP contribution in [-0.2, 0) is 11.8 Å². The molecule has 1 aromatic heterocycles. The maximum atomic E-state index is 12.2. The Hall–Kier alpha value is -1.60. The summed E-state index contributed by atoms with van der Waals surface area (Å²) in [5.41, 5.74) is 6.34. The van der Waals surface area contributed by atoms with Gasteiger partial charge in [-0.15, -0.1) is 0 Å². The Balaban J connectivity index is 2.83. The minimum Gasteiger partial charge on any atom is -0.396 e. The number of nitrogen functional groups attached to an aromatic ring is 1. The van der Waals surface area contributed by atoms with E-state index in [2.05, 4.69) is 5.10 Å². The minimum absolute atomic E-state index is 0.104. The molecule has 0 radical (unpaired) electrons. The van der Waals surface area contributed by atoms with Crippen LogP contribution in [0.1, 0.15) is 10.5 Å². The zero-order valence-electron chi connectivity index (χ0n) is 10.1. The highest BCUT2D eigenvalue weighted by Crippen LogP contribution is 2.12. The van der Waals surface area contributed by atoms with Gasteiger partial charge in [-0.05, 0) is 0 Å². The van der Waals surface area contributed by atoms with Gasteiger partial charge in [0.05, 0.1) is 25.1 Å². The number of methoxy groups -OCH3 is 1. The van der Waals surface area contributed by atoms with Gasteiger partial charge in [0.15, 0.2) is 0 Å². The zero-order chi connectivity index (χ0) is 12.8. The van der Waals surface area contributed by atoms with Crippen molar-refractivity contribution in [3.63, 3.8) is 0 Å². The van der Waals surface area contributed by atoms with E-state index >= 15 is 0 Å². The lowest BCUT2D eigenvalue weighted by Gasteiger charge is -2.21. The molecule has 1 rings (SSSR count). The van der Waals surface area contributed by atoms with Crippen LogP contribution < -0.4 is 5.73 Å². The summed E-state index contributed by atoms with van der Waals surface area (Å²) >= 11 is 0. The Morgan fingerprint density at radius 3 is 2.82 bits per heavy atom. The van der Waals surface area contributed by atoms with E-state index in [4.69, 9.17) is 15.6 Å². The molecule has 0 aliphatic heterocycles. The molecule has 0 saturated carbocycles. The smallest absolute Gasteiger partial charge is 0.274 e. The second-order valence-corrected chi connectivity index (χ2v) is 3.58. The number of aliphatic hydroxyl groups is 1. The minimum atomic E-state index is -0.256. The Bertz CT molecular complexity index is 358. The Labute approximate surface area is 99.8 Å². The maximum Gasteiger partial charge on any atom is 0.274 e. The first-order valence-corrected chi connectivity index (χ1v) is 5.28. The lowest BCUT2D eigenvalue weighted by atomic mass is 10.3. The van der Waals surface area contributed by atoms with Crippen molar-refractivity contribution in [2.45, 2.75) is 0 Å². The van der Waals surface area contributed by atoms with Gasteiger partial charge in [-0.25, -0.2) is 0 Å². The molecule has 7 nitrogen and oxygen atoms in total. The lowest BCUT2D eigenvalue weighted by Crippen LogP contribution is -2.37. The summed E-state index contributed by atoms with van der Waals surface area (Å²) in [4.78, 5) is 13.6. The van der Waals surface area contributed by atoms with Crippen molar-refractivity contribution in [2.24, 2.45) is 7.05 Å². The molecule has 0 bridgehead atoms. The van der Waals surface area contributed by atoms with E-state index in [-0.39, 0.29) is 19.1 Å². The molecule has 0 saturated heterocycles. The number of carbonyl (C=O) groups is 1. The number of aryl methyl sites for hydroxylation is 1. The van der Waals surface area contributed by atoms with Gasteiger partial charge in [-0.3, -0.25) is 9.48 Å². The van der Waals surface area contributed by atoms with Gasteiger partial charge in [-0.1, -0.05) is 0 Å². The summed E-state index contributed by atoms with van der Waals surface area (Å²) in [6.07, 6.45) is 1.43. The first-order chi connectivity index (χ1) is 8.11. The number of carbonyl (C=O) groups excluding carboxylic acids is 1. The predicted molar refractivity (Wildman–Crippen MR) is 62.5 cm³/mol. The topological polar surface area (TPSA) is 93.6 Å². The molecular weight excluding hydrogens is 224 g/mol. The van der Waals surface area contributed by atoms with Crippen LogP contribution in [0.25, 0.3) is 0 Å². The van der Waals surface area contributed by atoms with Gasteiger partial charge in [0.25, 0.3) is 5.91 Å². The van der Waals surface area contributed by atoms with Crippen LogP contribution in [0.3, 0.4) is 0 Å². The Kier molecular flexibility index (Phi) is 4.92. The zero-order valence-corrected chi connectivity index (χ0v) is 10.1. The first kappa shape index (κ1) is 13.5. The molecule has 3 N–H and O–H groups in total. The molecule has 1 aromatic rings. The van der Waals surface area contributed by atoms with E-state index in [0.29, 0.717) is 24.5 Å². The molecule has 0 aliphatic rings. The van der Waals surface area contributed by atoms with Gasteiger partial charge in [0, 0.05) is 27.2 Å². The number of nitrogens with zero attached hydrogens (tertiary/aromatic N) is 3. The van der Waals surface area contributed by atoms with Crippen molar-refractivity contribution in [2.75, 3.05) is 39.1 Å². The monoisotopic (exact) mass is 242 g/mol. The number of nitrogens with two attached hydrogens (primary N) is 1. The largest absolute Gasteiger partial charge is 0.396 e. The van der Waals surface area contributed by atoms with Gasteiger partial charge in [-0.2, -0.15) is 5.10 Å². The predicted octanol–water partition coefficient (Wildman–Crippen LogP) is -0.917. The number of rotatable bonds is 6. The van der Waals surface area contributed by atoms with Gasteiger partial charge < -0.3 is 20.5 Å². The average Bonchev–Trinajstić information content (AvgIpc) is 2.63. The third kappa shape index (κ3) is 3.18. The summed E-state index contributed by atoms with van der Waals surface area (Å²) in [5.74, 6) is -0.256. The second kappa shape index (κ2) is 6.21. The van der Waals surface area contributed by atoms with Gasteiger partial charge in [0.2, 0.25) is 0 Å². The number of aromatic nitrogens is 2. The Morgan fingerprint density at radius 1 is 1.65 bits per heavy atom. The van der Waals surface area contributed by atoms with Crippen LogP contribution >= 0.6 is 0 Å². The summed E-state index contributed by atoms with van der Waals surface area (Å²) in [5, 5.41) is 12.8. The lowest BCUT2D eigenvalue weighted by molar-refractivity contribution is 0.0647. The quantitative estimate of drug-likeness (QED) is 0.673. The van der Waals surface area contributed by atoms with Crippen molar-refractivity contribution in [3.8, 4) is 0 Å². The second-order valence-electron chi connectivity index (χ2n) is 3.58. The molecule has 96 valence electrons. The Morgan fingerprint density at radius 2 is 2.35 bits per heavy atom. The summed E-state index contributed by atoms with van der Waals surface area (Å²) in [6.45, 7) is 0.948. The highest BCUT2D eigenvalue weighted by Gasteiger charge is 2.21. The van der Waals surface area contributed by atoms with E-state index in [9.17, 15) is 4.79 Å². The SMILES string of the molecule is COCCN(CCO)C(=O)c1c(N)cnn1C. The van der Waals surface area contributed by atoms with Crippen molar-refractivity contribution in [1.82, 2.24) is 14.7 Å². The highest BCUT2D eigenvalue weighted by molar-refractivity contribution is 5.97. The molecule has 7 heteroatoms. The van der Waals surface area contributed by atoms with Gasteiger partial charge in [0.1, 0.15) is 5.69 Å². The standard InChI is InChI=1S/C10H18N4O3/c1-13-9(8(11)7-12-13)10(16)14(3-5-15)4-6-17-2/h7,15H,3-6,11H2,1-2H3. The first-order valence-electron chi connectivity index (χ1n) is 5.28. The number of hydrogen-bond acceptors (Lipinski definition) is 5. The van der Waals surface area contributed by atoms with Crippen molar-refractivity contribution in [1.29, 1.82) is 0 Å². The van der Waals surface area contributed by atoms with Crippen LogP contribution in [0.4, 0.5) is 5.69 Å². The fourth-order valence-electron chi connectivity index (χ4n) is 1.50. The third-order valence-corrected chi connectivity index (χ3v) is 2.39. The molecule has 0 atom stereocenters. The van der Waals surface area contributed by atoms with Crippen molar-refractivity contribution >= 4 is 11.6 Å². The van der Waals surface area contributed by atoms with E-state index < -0.39 is 0 Å². The van der Waals surface area contributed by atoms with Crippen molar-refractivity contribution in [3.05, 3.63) is 11.9 Å². The van der Waals surface area contributed by atoms with Crippen LogP contribution in [0.15, 0.2) is 6.20 Å². The van der Waals surface area contributed by atoms with Crippen LogP contribution in [0.2, 0.25) is 0 Å². The number of anilines is 1. The fourth-order valence-corrected chi connectivity index (χ4v) is 1.50. The molecule has 0 fully saturated rings. The van der Waals surface area contributed by atoms with E-state index in [1.807, 2.05) is 0 Å². The average molecular weight is 242 g/mol. The van der Waals surface area contributed by atoms with E-state index in [0.717, 1.165) is 0 Å². The highest BCUT2D eigenvalue weighted by atomic mass is 16.5. The summed E-state index contributed by atoms with van der Waals surface area (Å²) in [6, 6.07) is 0. The maximum absolute atomic E-state index is 12.2. The molecule has 0 unspecified atom stereocenters. The molecule has 1 heterocycles. The van der Waals surface area contributed by atoms with E-state index in [1.165, 1.54) is 15.8 Å². The molecule has 0 spiro atoms. The van der Waals surface area contributed by atoms with Crippen LogP contribution in [0, 0.1) is 0 Å². The number of ether oxygens (including phenoxy) is 1. The number of aliphatic hydroxyl groups excluding tert-OH is 1. The molecule has 0 aliphatic carbocycles. The fraction of sp³-hybridized carbons (Fsp3) is 0.600. The van der Waals surface area contributed by atoms with Gasteiger partial charge >= 0.3 is 0 Å².